The normalized spacial score (nSPS) is 10.7. The lowest BCUT2D eigenvalue weighted by molar-refractivity contribution is -0.115. The number of anilines is 1. The van der Waals surface area contributed by atoms with Crippen molar-refractivity contribution in [2.45, 2.75) is 38.9 Å². The number of carbonyl (C=O) groups is 2. The molecule has 4 rings (SSSR count). The Balaban J connectivity index is 1.15. The number of pyridine rings is 1. The van der Waals surface area contributed by atoms with Crippen molar-refractivity contribution in [3.63, 3.8) is 0 Å². The van der Waals surface area contributed by atoms with Gasteiger partial charge in [0.25, 0.3) is 5.91 Å². The Morgan fingerprint density at radius 2 is 1.59 bits per heavy atom. The van der Waals surface area contributed by atoms with Crippen molar-refractivity contribution in [2.24, 2.45) is 0 Å². The van der Waals surface area contributed by atoms with Gasteiger partial charge in [0.1, 0.15) is 0 Å². The fourth-order valence-corrected chi connectivity index (χ4v) is 3.25. The summed E-state index contributed by atoms with van der Waals surface area (Å²) in [4.78, 5) is 28.5. The van der Waals surface area contributed by atoms with Crippen molar-refractivity contribution < 1.29 is 9.59 Å². The van der Waals surface area contributed by atoms with Gasteiger partial charge in [-0.15, -0.1) is 10.2 Å². The van der Waals surface area contributed by atoms with Crippen LogP contribution in [0.4, 0.5) is 5.82 Å². The monoisotopic (exact) mass is 459 g/mol. The Kier molecular flexibility index (Phi) is 7.67. The van der Waals surface area contributed by atoms with E-state index in [-0.39, 0.29) is 18.2 Å². The Morgan fingerprint density at radius 3 is 2.35 bits per heavy atom. The summed E-state index contributed by atoms with van der Waals surface area (Å²) in [6, 6.07) is 15.1. The zero-order valence-electron chi connectivity index (χ0n) is 18.5. The van der Waals surface area contributed by atoms with Gasteiger partial charge in [-0.25, -0.2) is 0 Å². The molecular weight excluding hydrogens is 434 g/mol. The molecular formula is C23H25N9O2. The van der Waals surface area contributed by atoms with E-state index in [0.29, 0.717) is 36.8 Å². The number of benzene rings is 1. The Morgan fingerprint density at radius 1 is 0.853 bits per heavy atom. The minimum absolute atomic E-state index is 0.178. The zero-order valence-corrected chi connectivity index (χ0v) is 18.5. The highest BCUT2D eigenvalue weighted by Crippen LogP contribution is 2.05. The second kappa shape index (κ2) is 11.5. The molecule has 0 spiro atoms. The minimum atomic E-state index is -0.254. The molecule has 0 saturated carbocycles. The molecule has 1 aromatic carbocycles. The number of nitrogens with zero attached hydrogens (tertiary/aromatic N) is 7. The molecule has 3 heterocycles. The van der Waals surface area contributed by atoms with E-state index in [1.807, 2.05) is 36.4 Å². The number of hydrogen-bond donors (Lipinski definition) is 2. The molecule has 0 unspecified atom stereocenters. The average molecular weight is 460 g/mol. The number of carbonyl (C=O) groups excluding carboxylic acids is 2. The van der Waals surface area contributed by atoms with Crippen LogP contribution in [0.5, 0.6) is 0 Å². The summed E-state index contributed by atoms with van der Waals surface area (Å²) >= 11 is 0. The van der Waals surface area contributed by atoms with Crippen LogP contribution in [0.15, 0.2) is 67.1 Å². The van der Waals surface area contributed by atoms with E-state index in [9.17, 15) is 9.59 Å². The van der Waals surface area contributed by atoms with E-state index in [2.05, 4.69) is 36.2 Å². The van der Waals surface area contributed by atoms with Crippen LogP contribution in [0.1, 0.15) is 34.6 Å². The largest absolute Gasteiger partial charge is 0.347 e. The quantitative estimate of drug-likeness (QED) is 0.327. The van der Waals surface area contributed by atoms with Crippen molar-refractivity contribution in [1.29, 1.82) is 0 Å². The second-order valence-corrected chi connectivity index (χ2v) is 7.66. The van der Waals surface area contributed by atoms with Crippen molar-refractivity contribution in [2.75, 3.05) is 5.32 Å². The van der Waals surface area contributed by atoms with Crippen molar-refractivity contribution in [3.8, 4) is 0 Å². The first-order valence-corrected chi connectivity index (χ1v) is 11.0. The smallest absolute Gasteiger partial charge is 0.273 e. The first kappa shape index (κ1) is 22.8. The van der Waals surface area contributed by atoms with E-state index in [0.717, 1.165) is 18.4 Å². The molecule has 0 atom stereocenters. The summed E-state index contributed by atoms with van der Waals surface area (Å²) in [5, 5.41) is 21.6. The highest BCUT2D eigenvalue weighted by atomic mass is 16.2. The number of amides is 2. The van der Waals surface area contributed by atoms with Crippen molar-refractivity contribution >= 4 is 17.6 Å². The van der Waals surface area contributed by atoms with Gasteiger partial charge in [-0.1, -0.05) is 46.8 Å². The molecule has 2 amide bonds. The predicted molar refractivity (Wildman–Crippen MR) is 123 cm³/mol. The van der Waals surface area contributed by atoms with Gasteiger partial charge >= 0.3 is 0 Å². The number of nitrogens with one attached hydrogen (secondary N) is 2. The molecule has 34 heavy (non-hydrogen) atoms. The van der Waals surface area contributed by atoms with E-state index < -0.39 is 0 Å². The highest BCUT2D eigenvalue weighted by Gasteiger charge is 2.11. The topological polar surface area (TPSA) is 133 Å². The summed E-state index contributed by atoms with van der Waals surface area (Å²) < 4.78 is 3.34. The van der Waals surface area contributed by atoms with Crippen LogP contribution in [-0.2, 0) is 30.8 Å². The maximum atomic E-state index is 12.2. The van der Waals surface area contributed by atoms with Gasteiger partial charge in [-0.2, -0.15) is 0 Å². The highest BCUT2D eigenvalue weighted by molar-refractivity contribution is 5.92. The molecule has 11 heteroatoms. The zero-order chi connectivity index (χ0) is 23.6. The molecule has 2 N–H and O–H groups in total. The first-order chi connectivity index (χ1) is 16.7. The molecule has 11 nitrogen and oxygen atoms in total. The van der Waals surface area contributed by atoms with Crippen LogP contribution < -0.4 is 10.6 Å². The number of hydrogen-bond acceptors (Lipinski definition) is 7. The summed E-state index contributed by atoms with van der Waals surface area (Å²) in [7, 11) is 0. The molecule has 0 aliphatic heterocycles. The molecule has 0 bridgehead atoms. The van der Waals surface area contributed by atoms with Gasteiger partial charge in [0.15, 0.2) is 11.5 Å². The van der Waals surface area contributed by atoms with Crippen LogP contribution in [0.2, 0.25) is 0 Å². The van der Waals surface area contributed by atoms with E-state index in [1.165, 1.54) is 0 Å². The van der Waals surface area contributed by atoms with Crippen LogP contribution in [-0.4, -0.2) is 46.8 Å². The molecule has 0 radical (unpaired) electrons. The standard InChI is InChI=1S/C23H25N9O2/c33-22(14-19-10-4-5-11-24-19)26-21-17-32(30-28-21)13-7-6-12-31-16-20(27-29-31)23(34)25-15-18-8-2-1-3-9-18/h1-5,8-11,16-17H,6-7,12-15H2,(H,25,34)(H,26,33). The summed E-state index contributed by atoms with van der Waals surface area (Å²) in [6.45, 7) is 1.71. The third-order valence-electron chi connectivity index (χ3n) is 4.97. The molecule has 3 aromatic heterocycles. The van der Waals surface area contributed by atoms with E-state index in [1.54, 1.807) is 40.1 Å². The Bertz CT molecular complexity index is 1210. The van der Waals surface area contributed by atoms with Crippen LogP contribution in [0, 0.1) is 0 Å². The molecule has 0 fully saturated rings. The number of aryl methyl sites for hydroxylation is 2. The molecule has 0 aliphatic rings. The lowest BCUT2D eigenvalue weighted by Gasteiger charge is -2.03. The van der Waals surface area contributed by atoms with E-state index >= 15 is 0 Å². The Hall–Kier alpha value is -4.41. The van der Waals surface area contributed by atoms with E-state index in [4.69, 9.17) is 0 Å². The second-order valence-electron chi connectivity index (χ2n) is 7.66. The maximum absolute atomic E-state index is 12.2. The van der Waals surface area contributed by atoms with Crippen LogP contribution >= 0.6 is 0 Å². The molecule has 174 valence electrons. The fraction of sp³-hybridized carbons (Fsp3) is 0.261. The maximum Gasteiger partial charge on any atom is 0.273 e. The third-order valence-corrected chi connectivity index (χ3v) is 4.97. The third kappa shape index (κ3) is 6.79. The lowest BCUT2D eigenvalue weighted by atomic mass is 10.2. The van der Waals surface area contributed by atoms with Gasteiger partial charge in [0.05, 0.1) is 18.8 Å². The molecule has 0 saturated heterocycles. The van der Waals surface area contributed by atoms with Crippen LogP contribution in [0.3, 0.4) is 0 Å². The predicted octanol–water partition coefficient (Wildman–Crippen LogP) is 1.86. The van der Waals surface area contributed by atoms with Gasteiger partial charge in [-0.05, 0) is 30.5 Å². The summed E-state index contributed by atoms with van der Waals surface area (Å²) in [5.41, 5.74) is 2.00. The van der Waals surface area contributed by atoms with Crippen molar-refractivity contribution in [3.05, 3.63) is 84.1 Å². The van der Waals surface area contributed by atoms with Gasteiger partial charge in [0, 0.05) is 31.5 Å². The average Bonchev–Trinajstić information content (AvgIpc) is 3.51. The van der Waals surface area contributed by atoms with Crippen LogP contribution in [0.25, 0.3) is 0 Å². The SMILES string of the molecule is O=C(Cc1ccccn1)Nc1cn(CCCCn2cc(C(=O)NCc3ccccc3)nn2)nn1. The number of unbranched alkanes of at least 4 members (excludes halogenated alkanes) is 1. The summed E-state index contributed by atoms with van der Waals surface area (Å²) in [5.74, 6) is -0.0424. The van der Waals surface area contributed by atoms with Gasteiger partial charge in [0.2, 0.25) is 5.91 Å². The van der Waals surface area contributed by atoms with Crippen molar-refractivity contribution in [1.82, 2.24) is 40.3 Å². The molecule has 4 aromatic rings. The minimum Gasteiger partial charge on any atom is -0.347 e. The first-order valence-electron chi connectivity index (χ1n) is 11.0. The van der Waals surface area contributed by atoms with Gasteiger partial charge < -0.3 is 10.6 Å². The number of rotatable bonds is 11. The lowest BCUT2D eigenvalue weighted by Crippen LogP contribution is -2.23. The summed E-state index contributed by atoms with van der Waals surface area (Å²) in [6.07, 6.45) is 6.80. The molecule has 0 aliphatic carbocycles. The number of aromatic nitrogens is 7. The Labute approximate surface area is 196 Å². The fourth-order valence-electron chi connectivity index (χ4n) is 3.25. The van der Waals surface area contributed by atoms with Gasteiger partial charge in [-0.3, -0.25) is 23.9 Å².